The van der Waals surface area contributed by atoms with Gasteiger partial charge in [0.1, 0.15) is 0 Å². The summed E-state index contributed by atoms with van der Waals surface area (Å²) < 4.78 is 20.8. The van der Waals surface area contributed by atoms with Gasteiger partial charge in [-0.2, -0.15) is 5.10 Å². The van der Waals surface area contributed by atoms with E-state index in [-0.39, 0.29) is 18.1 Å². The van der Waals surface area contributed by atoms with Crippen molar-refractivity contribution < 1.29 is 18.7 Å². The van der Waals surface area contributed by atoms with E-state index >= 15 is 0 Å². The molecule has 1 aromatic heterocycles. The number of para-hydroxylation sites is 1. The highest BCUT2D eigenvalue weighted by atomic mass is 19.1. The van der Waals surface area contributed by atoms with Crippen molar-refractivity contribution in [2.45, 2.75) is 60.1 Å². The molecule has 2 amide bonds. The summed E-state index contributed by atoms with van der Waals surface area (Å²) in [4.78, 5) is 24.2. The van der Waals surface area contributed by atoms with Crippen molar-refractivity contribution in [2.75, 3.05) is 0 Å². The predicted octanol–water partition coefficient (Wildman–Crippen LogP) is 2.84. The zero-order valence-electron chi connectivity index (χ0n) is 17.6. The van der Waals surface area contributed by atoms with Crippen LogP contribution in [0.25, 0.3) is 0 Å². The minimum atomic E-state index is -0.967. The van der Waals surface area contributed by atoms with Crippen LogP contribution in [0, 0.1) is 25.6 Å². The molecule has 8 heteroatoms. The summed E-state index contributed by atoms with van der Waals surface area (Å²) in [6, 6.07) is 5.82. The Morgan fingerprint density at radius 1 is 1.17 bits per heavy atom. The Morgan fingerprint density at radius 2 is 1.86 bits per heavy atom. The molecule has 0 aliphatic rings. The van der Waals surface area contributed by atoms with E-state index < -0.39 is 17.8 Å². The molecule has 0 radical (unpaired) electrons. The molecule has 0 spiro atoms. The lowest BCUT2D eigenvalue weighted by Crippen LogP contribution is -2.47. The Kier molecular flexibility index (Phi) is 7.75. The molecule has 29 heavy (non-hydrogen) atoms. The lowest BCUT2D eigenvalue weighted by atomic mass is 10.1. The zero-order valence-corrected chi connectivity index (χ0v) is 17.6. The van der Waals surface area contributed by atoms with Crippen LogP contribution in [-0.2, 0) is 22.6 Å². The standard InChI is InChI=1S/C21H29FN4O3/c1-13(2)12-26-15(4)17(14(3)25-26)10-11-20(27)23-24-21(28)16(5)29-19-9-7-6-8-18(19)22/h6-9,13,16H,10-12H2,1-5H3,(H,23,27)(H,24,28). The fraction of sp³-hybridized carbons (Fsp3) is 0.476. The number of amides is 2. The van der Waals surface area contributed by atoms with Gasteiger partial charge in [-0.25, -0.2) is 4.39 Å². The fourth-order valence-corrected chi connectivity index (χ4v) is 2.94. The van der Waals surface area contributed by atoms with Crippen LogP contribution in [-0.4, -0.2) is 27.7 Å². The maximum Gasteiger partial charge on any atom is 0.279 e. The van der Waals surface area contributed by atoms with E-state index in [9.17, 15) is 14.0 Å². The molecule has 0 fully saturated rings. The van der Waals surface area contributed by atoms with Gasteiger partial charge in [-0.05, 0) is 50.8 Å². The fourth-order valence-electron chi connectivity index (χ4n) is 2.94. The van der Waals surface area contributed by atoms with Crippen molar-refractivity contribution in [3.63, 3.8) is 0 Å². The molecule has 0 aliphatic heterocycles. The van der Waals surface area contributed by atoms with Crippen molar-refractivity contribution in [2.24, 2.45) is 5.92 Å². The Morgan fingerprint density at radius 3 is 2.52 bits per heavy atom. The Balaban J connectivity index is 1.82. The number of rotatable bonds is 8. The molecule has 7 nitrogen and oxygen atoms in total. The number of hydrogen-bond acceptors (Lipinski definition) is 4. The van der Waals surface area contributed by atoms with Crippen molar-refractivity contribution in [1.29, 1.82) is 0 Å². The molecule has 0 aliphatic carbocycles. The van der Waals surface area contributed by atoms with E-state index in [0.717, 1.165) is 23.5 Å². The number of carbonyl (C=O) groups excluding carboxylic acids is 2. The number of nitrogens with zero attached hydrogens (tertiary/aromatic N) is 2. The third-order valence-corrected chi connectivity index (χ3v) is 4.51. The molecule has 1 unspecified atom stereocenters. The van der Waals surface area contributed by atoms with Crippen LogP contribution in [0.5, 0.6) is 5.75 Å². The number of halogens is 1. The van der Waals surface area contributed by atoms with Gasteiger partial charge in [-0.1, -0.05) is 26.0 Å². The smallest absolute Gasteiger partial charge is 0.279 e. The molecule has 0 bridgehead atoms. The first-order chi connectivity index (χ1) is 13.7. The number of aromatic nitrogens is 2. The Bertz CT molecular complexity index is 864. The van der Waals surface area contributed by atoms with E-state index in [0.29, 0.717) is 12.3 Å². The number of nitrogens with one attached hydrogen (secondary N) is 2. The maximum absolute atomic E-state index is 13.6. The van der Waals surface area contributed by atoms with Gasteiger partial charge in [0.05, 0.1) is 5.69 Å². The van der Waals surface area contributed by atoms with Crippen LogP contribution in [0.4, 0.5) is 4.39 Å². The highest BCUT2D eigenvalue weighted by Gasteiger charge is 2.18. The first-order valence-electron chi connectivity index (χ1n) is 9.71. The van der Waals surface area contributed by atoms with Crippen LogP contribution >= 0.6 is 0 Å². The van der Waals surface area contributed by atoms with Crippen LogP contribution in [0.3, 0.4) is 0 Å². The van der Waals surface area contributed by atoms with Gasteiger partial charge >= 0.3 is 0 Å². The number of hydrogen-bond donors (Lipinski definition) is 2. The topological polar surface area (TPSA) is 85.3 Å². The number of ether oxygens (including phenoxy) is 1. The lowest BCUT2D eigenvalue weighted by molar-refractivity contribution is -0.132. The molecule has 0 saturated heterocycles. The highest BCUT2D eigenvalue weighted by molar-refractivity contribution is 5.84. The molecular formula is C21H29FN4O3. The van der Waals surface area contributed by atoms with Crippen LogP contribution in [0.1, 0.15) is 44.1 Å². The molecule has 0 saturated carbocycles. The van der Waals surface area contributed by atoms with E-state index in [1.807, 2.05) is 18.5 Å². The summed E-state index contributed by atoms with van der Waals surface area (Å²) in [6.07, 6.45) is -0.234. The second kappa shape index (κ2) is 10.0. The zero-order chi connectivity index (χ0) is 21.6. The number of hydrazine groups is 1. The quantitative estimate of drug-likeness (QED) is 0.663. The summed E-state index contributed by atoms with van der Waals surface area (Å²) in [7, 11) is 0. The highest BCUT2D eigenvalue weighted by Crippen LogP contribution is 2.17. The molecular weight excluding hydrogens is 375 g/mol. The summed E-state index contributed by atoms with van der Waals surface area (Å²) in [5, 5.41) is 4.54. The van der Waals surface area contributed by atoms with Gasteiger partial charge in [0.25, 0.3) is 5.91 Å². The van der Waals surface area contributed by atoms with Crippen molar-refractivity contribution in [1.82, 2.24) is 20.6 Å². The predicted molar refractivity (Wildman–Crippen MR) is 108 cm³/mol. The SMILES string of the molecule is Cc1nn(CC(C)C)c(C)c1CCC(=O)NNC(=O)C(C)Oc1ccccc1F. The van der Waals surface area contributed by atoms with E-state index in [1.165, 1.54) is 25.1 Å². The van der Waals surface area contributed by atoms with Crippen LogP contribution in [0.2, 0.25) is 0 Å². The molecule has 2 rings (SSSR count). The second-order valence-electron chi connectivity index (χ2n) is 7.45. The van der Waals surface area contributed by atoms with E-state index in [1.54, 1.807) is 6.07 Å². The van der Waals surface area contributed by atoms with Gasteiger partial charge in [0.15, 0.2) is 17.7 Å². The second-order valence-corrected chi connectivity index (χ2v) is 7.45. The first kappa shape index (κ1) is 22.4. The summed E-state index contributed by atoms with van der Waals surface area (Å²) in [5.41, 5.74) is 7.69. The number of carbonyl (C=O) groups is 2. The monoisotopic (exact) mass is 404 g/mol. The molecule has 1 heterocycles. The molecule has 158 valence electrons. The van der Waals surface area contributed by atoms with Crippen molar-refractivity contribution in [3.8, 4) is 5.75 Å². The van der Waals surface area contributed by atoms with Crippen molar-refractivity contribution >= 4 is 11.8 Å². The Hall–Kier alpha value is -2.90. The van der Waals surface area contributed by atoms with Crippen LogP contribution in [0.15, 0.2) is 24.3 Å². The largest absolute Gasteiger partial charge is 0.478 e. The molecule has 2 aromatic rings. The molecule has 1 atom stereocenters. The minimum Gasteiger partial charge on any atom is -0.478 e. The van der Waals surface area contributed by atoms with Crippen LogP contribution < -0.4 is 15.6 Å². The van der Waals surface area contributed by atoms with Gasteiger partial charge < -0.3 is 4.74 Å². The minimum absolute atomic E-state index is 0.0224. The summed E-state index contributed by atoms with van der Waals surface area (Å²) >= 11 is 0. The van der Waals surface area contributed by atoms with Crippen molar-refractivity contribution in [3.05, 3.63) is 47.0 Å². The van der Waals surface area contributed by atoms with Gasteiger partial charge in [-0.3, -0.25) is 25.1 Å². The number of benzene rings is 1. The average molecular weight is 404 g/mol. The van der Waals surface area contributed by atoms with E-state index in [4.69, 9.17) is 4.74 Å². The Labute approximate surface area is 170 Å². The summed E-state index contributed by atoms with van der Waals surface area (Å²) in [5.74, 6) is -0.996. The summed E-state index contributed by atoms with van der Waals surface area (Å²) in [6.45, 7) is 10.5. The van der Waals surface area contributed by atoms with Gasteiger partial charge in [0.2, 0.25) is 5.91 Å². The van der Waals surface area contributed by atoms with E-state index in [2.05, 4.69) is 29.8 Å². The third-order valence-electron chi connectivity index (χ3n) is 4.51. The molecule has 2 N–H and O–H groups in total. The first-order valence-corrected chi connectivity index (χ1v) is 9.71. The van der Waals surface area contributed by atoms with Gasteiger partial charge in [0, 0.05) is 18.7 Å². The third kappa shape index (κ3) is 6.30. The maximum atomic E-state index is 13.6. The average Bonchev–Trinajstić information content (AvgIpc) is 2.92. The normalized spacial score (nSPS) is 12.0. The lowest BCUT2D eigenvalue weighted by Gasteiger charge is -2.15. The number of aryl methyl sites for hydroxylation is 1. The molecule has 1 aromatic carbocycles. The van der Waals surface area contributed by atoms with Gasteiger partial charge in [-0.15, -0.1) is 0 Å².